The van der Waals surface area contributed by atoms with Gasteiger partial charge in [-0.25, -0.2) is 9.37 Å². The number of hydrogen-bond acceptors (Lipinski definition) is 7. The van der Waals surface area contributed by atoms with Gasteiger partial charge in [0.1, 0.15) is 18.8 Å². The van der Waals surface area contributed by atoms with E-state index in [1.54, 1.807) is 41.3 Å². The number of ether oxygens (including phenoxy) is 1. The molecule has 0 aliphatic carbocycles. The van der Waals surface area contributed by atoms with Crippen LogP contribution in [0.5, 0.6) is 5.88 Å². The van der Waals surface area contributed by atoms with Crippen LogP contribution in [0.25, 0.3) is 28.2 Å². The zero-order chi connectivity index (χ0) is 19.8. The molecule has 0 N–H and O–H groups in total. The number of fused-ring (bicyclic) bond motifs is 1. The Morgan fingerprint density at radius 2 is 2.03 bits per heavy atom. The first kappa shape index (κ1) is 17.4. The van der Waals surface area contributed by atoms with Crippen LogP contribution in [0.15, 0.2) is 53.5 Å². The molecule has 0 saturated heterocycles. The highest BCUT2D eigenvalue weighted by Crippen LogP contribution is 2.32. The van der Waals surface area contributed by atoms with Crippen molar-refractivity contribution in [1.29, 1.82) is 0 Å². The van der Waals surface area contributed by atoms with Crippen molar-refractivity contribution in [3.63, 3.8) is 0 Å². The van der Waals surface area contributed by atoms with Gasteiger partial charge in [0, 0.05) is 7.05 Å². The lowest BCUT2D eigenvalue weighted by Gasteiger charge is -2.10. The van der Waals surface area contributed by atoms with Crippen molar-refractivity contribution in [3.05, 3.63) is 65.1 Å². The van der Waals surface area contributed by atoms with Crippen LogP contribution in [0.4, 0.5) is 4.39 Å². The van der Waals surface area contributed by atoms with Crippen molar-refractivity contribution in [2.75, 3.05) is 0 Å². The number of halogens is 1. The summed E-state index contributed by atoms with van der Waals surface area (Å²) >= 11 is 1.57. The van der Waals surface area contributed by atoms with Gasteiger partial charge in [-0.2, -0.15) is 21.0 Å². The van der Waals surface area contributed by atoms with Gasteiger partial charge in [-0.3, -0.25) is 4.68 Å². The molecule has 10 heteroatoms. The van der Waals surface area contributed by atoms with E-state index in [0.29, 0.717) is 28.7 Å². The topological polar surface area (TPSA) is 83.0 Å². The molecule has 0 unspecified atom stereocenters. The second-order valence-corrected chi connectivity index (χ2v) is 7.02. The molecule has 29 heavy (non-hydrogen) atoms. The fourth-order valence-electron chi connectivity index (χ4n) is 2.94. The predicted molar refractivity (Wildman–Crippen MR) is 105 cm³/mol. The molecule has 144 valence electrons. The Kier molecular flexibility index (Phi) is 4.24. The first-order valence-corrected chi connectivity index (χ1v) is 9.64. The minimum absolute atomic E-state index is 0.184. The zero-order valence-electron chi connectivity index (χ0n) is 15.2. The van der Waals surface area contributed by atoms with Gasteiger partial charge in [-0.05, 0) is 40.6 Å². The summed E-state index contributed by atoms with van der Waals surface area (Å²) in [5.74, 6) is 0.933. The molecule has 4 heterocycles. The number of thiophene rings is 1. The number of benzene rings is 1. The van der Waals surface area contributed by atoms with Crippen LogP contribution in [0.3, 0.4) is 0 Å². The van der Waals surface area contributed by atoms with Crippen LogP contribution in [0, 0.1) is 5.82 Å². The predicted octanol–water partition coefficient (Wildman–Crippen LogP) is 3.37. The molecule has 0 atom stereocenters. The highest BCUT2D eigenvalue weighted by molar-refractivity contribution is 7.08. The molecule has 0 aliphatic heterocycles. The number of nitrogens with zero attached hydrogens (tertiary/aromatic N) is 7. The van der Waals surface area contributed by atoms with E-state index in [-0.39, 0.29) is 6.61 Å². The van der Waals surface area contributed by atoms with E-state index in [1.165, 1.54) is 16.9 Å². The minimum atomic E-state index is -0.396. The lowest BCUT2D eigenvalue weighted by Crippen LogP contribution is -2.08. The molecular weight excluding hydrogens is 393 g/mol. The average Bonchev–Trinajstić information content (AvgIpc) is 3.47. The van der Waals surface area contributed by atoms with Crippen molar-refractivity contribution in [3.8, 4) is 28.4 Å². The maximum absolute atomic E-state index is 14.3. The standard InChI is InChI=1S/C19H14FN7OS/c1-26-17(21-11-22-26)9-28-19-14(12-6-7-29-10-12)8-16-23-24-18(27(16)25-19)13-4-2-3-5-15(13)20/h2-8,10-11H,9H2,1H3. The molecule has 0 aliphatic rings. The monoisotopic (exact) mass is 407 g/mol. The summed E-state index contributed by atoms with van der Waals surface area (Å²) in [7, 11) is 1.79. The average molecular weight is 407 g/mol. The van der Waals surface area contributed by atoms with E-state index in [9.17, 15) is 4.39 Å². The van der Waals surface area contributed by atoms with E-state index >= 15 is 0 Å². The van der Waals surface area contributed by atoms with E-state index in [2.05, 4.69) is 25.4 Å². The number of hydrogen-bond donors (Lipinski definition) is 0. The second kappa shape index (κ2) is 7.06. The Balaban J connectivity index is 1.64. The molecule has 0 spiro atoms. The van der Waals surface area contributed by atoms with Crippen molar-refractivity contribution in [1.82, 2.24) is 34.6 Å². The number of rotatable bonds is 5. The summed E-state index contributed by atoms with van der Waals surface area (Å²) in [5, 5.41) is 20.9. The van der Waals surface area contributed by atoms with Gasteiger partial charge in [0.25, 0.3) is 0 Å². The molecule has 5 aromatic rings. The summed E-state index contributed by atoms with van der Waals surface area (Å²) in [5.41, 5.74) is 2.53. The largest absolute Gasteiger partial charge is 0.468 e. The molecule has 5 rings (SSSR count). The van der Waals surface area contributed by atoms with Gasteiger partial charge < -0.3 is 4.74 Å². The van der Waals surface area contributed by atoms with Crippen LogP contribution in [0.2, 0.25) is 0 Å². The van der Waals surface area contributed by atoms with Crippen molar-refractivity contribution in [2.45, 2.75) is 6.61 Å². The third kappa shape index (κ3) is 3.13. The minimum Gasteiger partial charge on any atom is -0.468 e. The SMILES string of the molecule is Cn1ncnc1COc1nn2c(-c3ccccc3F)nnc2cc1-c1ccsc1. The van der Waals surface area contributed by atoms with Gasteiger partial charge in [0.2, 0.25) is 5.88 Å². The van der Waals surface area contributed by atoms with Crippen LogP contribution in [-0.2, 0) is 13.7 Å². The van der Waals surface area contributed by atoms with Gasteiger partial charge in [0.15, 0.2) is 17.3 Å². The highest BCUT2D eigenvalue weighted by Gasteiger charge is 2.18. The third-order valence-electron chi connectivity index (χ3n) is 4.45. The van der Waals surface area contributed by atoms with Gasteiger partial charge >= 0.3 is 0 Å². The molecule has 4 aromatic heterocycles. The van der Waals surface area contributed by atoms with Crippen LogP contribution in [-0.4, -0.2) is 34.6 Å². The molecule has 0 fully saturated rings. The first-order valence-electron chi connectivity index (χ1n) is 8.70. The Morgan fingerprint density at radius 3 is 2.79 bits per heavy atom. The van der Waals surface area contributed by atoms with Crippen LogP contribution >= 0.6 is 11.3 Å². The van der Waals surface area contributed by atoms with E-state index < -0.39 is 5.82 Å². The first-order chi connectivity index (χ1) is 14.2. The Labute approximate surface area is 168 Å². The zero-order valence-corrected chi connectivity index (χ0v) is 16.0. The van der Waals surface area contributed by atoms with Gasteiger partial charge in [-0.15, -0.1) is 15.3 Å². The van der Waals surface area contributed by atoms with E-state index in [4.69, 9.17) is 4.74 Å². The van der Waals surface area contributed by atoms with Gasteiger partial charge in [-0.1, -0.05) is 12.1 Å². The van der Waals surface area contributed by atoms with Crippen LogP contribution in [0.1, 0.15) is 5.82 Å². The molecular formula is C19H14FN7OS. The smallest absolute Gasteiger partial charge is 0.240 e. The lowest BCUT2D eigenvalue weighted by atomic mass is 10.1. The number of aryl methyl sites for hydroxylation is 1. The summed E-state index contributed by atoms with van der Waals surface area (Å²) < 4.78 is 23.4. The molecule has 1 aromatic carbocycles. The van der Waals surface area contributed by atoms with E-state index in [1.807, 2.05) is 22.9 Å². The Hall–Kier alpha value is -3.66. The maximum Gasteiger partial charge on any atom is 0.240 e. The van der Waals surface area contributed by atoms with Crippen molar-refractivity contribution in [2.24, 2.45) is 7.05 Å². The lowest BCUT2D eigenvalue weighted by molar-refractivity contribution is 0.275. The maximum atomic E-state index is 14.3. The quantitative estimate of drug-likeness (QED) is 0.444. The second-order valence-electron chi connectivity index (χ2n) is 6.24. The summed E-state index contributed by atoms with van der Waals surface area (Å²) in [6.07, 6.45) is 1.46. The molecule has 0 radical (unpaired) electrons. The fourth-order valence-corrected chi connectivity index (χ4v) is 3.60. The number of aromatic nitrogens is 7. The Morgan fingerprint density at radius 1 is 1.14 bits per heavy atom. The highest BCUT2D eigenvalue weighted by atomic mass is 32.1. The summed E-state index contributed by atoms with van der Waals surface area (Å²) in [6, 6.07) is 10.2. The molecule has 0 amide bonds. The van der Waals surface area contributed by atoms with Gasteiger partial charge in [0.05, 0.1) is 11.1 Å². The fraction of sp³-hybridized carbons (Fsp3) is 0.105. The molecule has 8 nitrogen and oxygen atoms in total. The van der Waals surface area contributed by atoms with Crippen LogP contribution < -0.4 is 4.74 Å². The van der Waals surface area contributed by atoms with E-state index in [0.717, 1.165) is 11.1 Å². The summed E-state index contributed by atoms with van der Waals surface area (Å²) in [6.45, 7) is 0.184. The molecule has 0 bridgehead atoms. The molecule has 0 saturated carbocycles. The summed E-state index contributed by atoms with van der Waals surface area (Å²) in [4.78, 5) is 4.17. The third-order valence-corrected chi connectivity index (χ3v) is 5.13. The normalized spacial score (nSPS) is 11.2. The van der Waals surface area contributed by atoms with Crippen molar-refractivity contribution >= 4 is 17.0 Å². The van der Waals surface area contributed by atoms with Crippen molar-refractivity contribution < 1.29 is 9.13 Å². The Bertz CT molecular complexity index is 1300.